The third kappa shape index (κ3) is 3.80. The van der Waals surface area contributed by atoms with E-state index in [1.165, 1.54) is 37.7 Å². The Morgan fingerprint density at radius 1 is 1.15 bits per heavy atom. The number of rotatable bonds is 6. The van der Waals surface area contributed by atoms with Gasteiger partial charge in [0.1, 0.15) is 5.82 Å². The van der Waals surface area contributed by atoms with Gasteiger partial charge in [-0.3, -0.25) is 0 Å². The first-order valence-electron chi connectivity index (χ1n) is 7.93. The van der Waals surface area contributed by atoms with Gasteiger partial charge in [-0.15, -0.1) is 0 Å². The largest absolute Gasteiger partial charge is 0.378 e. The summed E-state index contributed by atoms with van der Waals surface area (Å²) in [6.07, 6.45) is 7.81. The highest BCUT2D eigenvalue weighted by atomic mass is 19.1. The molecule has 2 aliphatic rings. The summed E-state index contributed by atoms with van der Waals surface area (Å²) >= 11 is 0. The molecule has 20 heavy (non-hydrogen) atoms. The lowest BCUT2D eigenvalue weighted by atomic mass is 10.0. The SMILES string of the molecule is Fc1ccc(C(NCCC2CCCCO2)C2CC2)cc1. The Morgan fingerprint density at radius 2 is 1.95 bits per heavy atom. The monoisotopic (exact) mass is 277 g/mol. The molecule has 3 heteroatoms. The second kappa shape index (κ2) is 6.68. The minimum Gasteiger partial charge on any atom is -0.378 e. The van der Waals surface area contributed by atoms with Crippen LogP contribution in [0.1, 0.15) is 50.1 Å². The van der Waals surface area contributed by atoms with Crippen LogP contribution in [-0.4, -0.2) is 19.3 Å². The molecule has 1 N–H and O–H groups in total. The standard InChI is InChI=1S/C17H24FNO/c18-15-8-6-14(7-9-15)17(13-4-5-13)19-11-10-16-3-1-2-12-20-16/h6-9,13,16-17,19H,1-5,10-12H2. The fraction of sp³-hybridized carbons (Fsp3) is 0.647. The third-order valence-corrected chi connectivity index (χ3v) is 4.43. The highest BCUT2D eigenvalue weighted by Gasteiger charge is 2.32. The smallest absolute Gasteiger partial charge is 0.123 e. The highest BCUT2D eigenvalue weighted by molar-refractivity contribution is 5.22. The molecule has 1 saturated heterocycles. The topological polar surface area (TPSA) is 21.3 Å². The molecule has 2 unspecified atom stereocenters. The van der Waals surface area contributed by atoms with E-state index in [1.54, 1.807) is 12.1 Å². The van der Waals surface area contributed by atoms with E-state index in [1.807, 2.05) is 12.1 Å². The predicted octanol–water partition coefficient (Wildman–Crippen LogP) is 3.83. The summed E-state index contributed by atoms with van der Waals surface area (Å²) in [5.41, 5.74) is 1.22. The van der Waals surface area contributed by atoms with Crippen molar-refractivity contribution in [2.45, 2.75) is 50.7 Å². The second-order valence-electron chi connectivity index (χ2n) is 6.10. The molecule has 2 atom stereocenters. The van der Waals surface area contributed by atoms with Crippen molar-refractivity contribution < 1.29 is 9.13 Å². The number of hydrogen-bond acceptors (Lipinski definition) is 2. The zero-order valence-corrected chi connectivity index (χ0v) is 12.0. The number of ether oxygens (including phenoxy) is 1. The van der Waals surface area contributed by atoms with Crippen molar-refractivity contribution in [3.8, 4) is 0 Å². The van der Waals surface area contributed by atoms with Crippen LogP contribution < -0.4 is 5.32 Å². The van der Waals surface area contributed by atoms with Gasteiger partial charge in [-0.05, 0) is 68.7 Å². The van der Waals surface area contributed by atoms with Crippen LogP contribution >= 0.6 is 0 Å². The van der Waals surface area contributed by atoms with E-state index >= 15 is 0 Å². The van der Waals surface area contributed by atoms with E-state index in [4.69, 9.17) is 4.74 Å². The van der Waals surface area contributed by atoms with Crippen molar-refractivity contribution >= 4 is 0 Å². The average molecular weight is 277 g/mol. The van der Waals surface area contributed by atoms with Gasteiger partial charge in [0.05, 0.1) is 6.10 Å². The minimum absolute atomic E-state index is 0.154. The van der Waals surface area contributed by atoms with Gasteiger partial charge in [-0.25, -0.2) is 4.39 Å². The Bertz CT molecular complexity index is 410. The van der Waals surface area contributed by atoms with Crippen LogP contribution in [0.3, 0.4) is 0 Å². The van der Waals surface area contributed by atoms with Crippen LogP contribution in [0.2, 0.25) is 0 Å². The molecule has 3 rings (SSSR count). The Kier molecular flexibility index (Phi) is 4.69. The Balaban J connectivity index is 1.51. The number of nitrogens with one attached hydrogen (secondary N) is 1. The van der Waals surface area contributed by atoms with Crippen molar-refractivity contribution in [3.05, 3.63) is 35.6 Å². The van der Waals surface area contributed by atoms with Crippen LogP contribution in [0.4, 0.5) is 4.39 Å². The van der Waals surface area contributed by atoms with E-state index in [0.29, 0.717) is 12.1 Å². The molecule has 2 nitrogen and oxygen atoms in total. The lowest BCUT2D eigenvalue weighted by Gasteiger charge is -2.24. The number of halogens is 1. The lowest BCUT2D eigenvalue weighted by molar-refractivity contribution is 0.0111. The normalized spacial score (nSPS) is 24.6. The molecule has 1 aliphatic heterocycles. The molecule has 0 amide bonds. The van der Waals surface area contributed by atoms with Crippen LogP contribution in [0, 0.1) is 11.7 Å². The lowest BCUT2D eigenvalue weighted by Crippen LogP contribution is -2.29. The molecule has 1 aliphatic carbocycles. The average Bonchev–Trinajstić information content (AvgIpc) is 3.31. The van der Waals surface area contributed by atoms with E-state index in [-0.39, 0.29) is 5.82 Å². The number of benzene rings is 1. The first-order chi connectivity index (χ1) is 9.83. The van der Waals surface area contributed by atoms with Crippen LogP contribution in [0.25, 0.3) is 0 Å². The molecule has 0 spiro atoms. The summed E-state index contributed by atoms with van der Waals surface area (Å²) in [6, 6.07) is 7.36. The van der Waals surface area contributed by atoms with Gasteiger partial charge in [-0.1, -0.05) is 12.1 Å². The first kappa shape index (κ1) is 14.0. The zero-order chi connectivity index (χ0) is 13.8. The maximum absolute atomic E-state index is 13.0. The van der Waals surface area contributed by atoms with Crippen molar-refractivity contribution in [2.75, 3.05) is 13.2 Å². The van der Waals surface area contributed by atoms with Crippen molar-refractivity contribution in [1.29, 1.82) is 0 Å². The van der Waals surface area contributed by atoms with Crippen LogP contribution in [-0.2, 0) is 4.74 Å². The molecular weight excluding hydrogens is 253 g/mol. The fourth-order valence-electron chi connectivity index (χ4n) is 3.09. The van der Waals surface area contributed by atoms with E-state index in [2.05, 4.69) is 5.32 Å². The van der Waals surface area contributed by atoms with Crippen LogP contribution in [0.15, 0.2) is 24.3 Å². The molecule has 1 saturated carbocycles. The molecule has 2 fully saturated rings. The molecule has 0 bridgehead atoms. The summed E-state index contributed by atoms with van der Waals surface area (Å²) in [7, 11) is 0. The van der Waals surface area contributed by atoms with E-state index < -0.39 is 0 Å². The molecule has 110 valence electrons. The summed E-state index contributed by atoms with van der Waals surface area (Å²) in [5, 5.41) is 3.66. The number of hydrogen-bond donors (Lipinski definition) is 1. The summed E-state index contributed by atoms with van der Waals surface area (Å²) in [5.74, 6) is 0.576. The maximum atomic E-state index is 13.0. The van der Waals surface area contributed by atoms with Gasteiger partial charge in [0, 0.05) is 12.6 Å². The third-order valence-electron chi connectivity index (χ3n) is 4.43. The maximum Gasteiger partial charge on any atom is 0.123 e. The van der Waals surface area contributed by atoms with Crippen molar-refractivity contribution in [2.24, 2.45) is 5.92 Å². The van der Waals surface area contributed by atoms with Crippen LogP contribution in [0.5, 0.6) is 0 Å². The quantitative estimate of drug-likeness (QED) is 0.853. The summed E-state index contributed by atoms with van der Waals surface area (Å²) < 4.78 is 18.8. The van der Waals surface area contributed by atoms with Crippen molar-refractivity contribution in [3.63, 3.8) is 0 Å². The summed E-state index contributed by atoms with van der Waals surface area (Å²) in [6.45, 7) is 1.91. The van der Waals surface area contributed by atoms with Gasteiger partial charge in [-0.2, -0.15) is 0 Å². The Labute approximate surface area is 120 Å². The Hall–Kier alpha value is -0.930. The summed E-state index contributed by atoms with van der Waals surface area (Å²) in [4.78, 5) is 0. The Morgan fingerprint density at radius 3 is 2.60 bits per heavy atom. The zero-order valence-electron chi connectivity index (χ0n) is 12.0. The van der Waals surface area contributed by atoms with Gasteiger partial charge >= 0.3 is 0 Å². The van der Waals surface area contributed by atoms with Gasteiger partial charge < -0.3 is 10.1 Å². The predicted molar refractivity (Wildman–Crippen MR) is 78.1 cm³/mol. The molecule has 1 aromatic rings. The fourth-order valence-corrected chi connectivity index (χ4v) is 3.09. The first-order valence-corrected chi connectivity index (χ1v) is 7.93. The molecular formula is C17H24FNO. The highest BCUT2D eigenvalue weighted by Crippen LogP contribution is 2.41. The molecule has 0 aromatic heterocycles. The molecule has 1 heterocycles. The van der Waals surface area contributed by atoms with Crippen molar-refractivity contribution in [1.82, 2.24) is 5.32 Å². The molecule has 1 aromatic carbocycles. The van der Waals surface area contributed by atoms with Gasteiger partial charge in [0.15, 0.2) is 0 Å². The minimum atomic E-state index is -0.154. The van der Waals surface area contributed by atoms with Gasteiger partial charge in [0.2, 0.25) is 0 Å². The molecule has 0 radical (unpaired) electrons. The van der Waals surface area contributed by atoms with E-state index in [9.17, 15) is 4.39 Å². The van der Waals surface area contributed by atoms with Gasteiger partial charge in [0.25, 0.3) is 0 Å². The van der Waals surface area contributed by atoms with E-state index in [0.717, 1.165) is 25.5 Å². The second-order valence-corrected chi connectivity index (χ2v) is 6.10.